The molecule has 0 rings (SSSR count). The highest BCUT2D eigenvalue weighted by Crippen LogP contribution is 2.14. The molecule has 0 bridgehead atoms. The van der Waals surface area contributed by atoms with E-state index in [1.165, 1.54) is 103 Å². The summed E-state index contributed by atoms with van der Waals surface area (Å²) in [6.07, 6.45) is 25.1. The largest absolute Gasteiger partial charge is 0.394 e. The van der Waals surface area contributed by atoms with E-state index in [0.717, 1.165) is 25.7 Å². The third-order valence-corrected chi connectivity index (χ3v) is 7.38. The number of aliphatic hydroxyl groups excluding tert-OH is 3. The molecule has 0 atom stereocenters. The summed E-state index contributed by atoms with van der Waals surface area (Å²) < 4.78 is 9.54. The van der Waals surface area contributed by atoms with E-state index in [-0.39, 0.29) is 38.9 Å². The predicted molar refractivity (Wildman–Crippen MR) is 174 cm³/mol. The molecule has 9 nitrogen and oxygen atoms in total. The fourth-order valence-electron chi connectivity index (χ4n) is 4.59. The standard InChI is InChI=1S/C32H58O6.C3H8O3/c1-3-5-7-9-11-13-15-17-19-21-23-25-29(33)37-31(35)27-28-32(36)38-30(34)26-24-22-20-18-16-14-12-10-8-6-4-2;4-1-3(6)2-5/h3-28H2,1-2H3;3-6H,1-2H2. The number of carbonyl (C=O) groups is 4. The zero-order valence-corrected chi connectivity index (χ0v) is 28.2. The van der Waals surface area contributed by atoms with Crippen molar-refractivity contribution in [2.45, 2.75) is 187 Å². The summed E-state index contributed by atoms with van der Waals surface area (Å²) in [5.41, 5.74) is 0. The molecular weight excluding hydrogens is 564 g/mol. The quantitative estimate of drug-likeness (QED) is 0.0431. The van der Waals surface area contributed by atoms with Crippen LogP contribution in [0.1, 0.15) is 181 Å². The average molecular weight is 631 g/mol. The van der Waals surface area contributed by atoms with Crippen molar-refractivity contribution >= 4 is 23.9 Å². The molecular formula is C35H66O9. The average Bonchev–Trinajstić information content (AvgIpc) is 3.01. The molecule has 0 heterocycles. The van der Waals surface area contributed by atoms with Crippen molar-refractivity contribution in [1.29, 1.82) is 0 Å². The first kappa shape index (κ1) is 44.3. The number of esters is 4. The highest BCUT2D eigenvalue weighted by Gasteiger charge is 2.15. The summed E-state index contributed by atoms with van der Waals surface area (Å²) in [7, 11) is 0. The highest BCUT2D eigenvalue weighted by molar-refractivity contribution is 5.89. The van der Waals surface area contributed by atoms with Crippen molar-refractivity contribution in [1.82, 2.24) is 0 Å². The van der Waals surface area contributed by atoms with Crippen molar-refractivity contribution in [3.63, 3.8) is 0 Å². The molecule has 0 aromatic rings. The van der Waals surface area contributed by atoms with E-state index in [9.17, 15) is 19.2 Å². The predicted octanol–water partition coefficient (Wildman–Crippen LogP) is 7.64. The number of rotatable bonds is 29. The molecule has 44 heavy (non-hydrogen) atoms. The molecule has 3 N–H and O–H groups in total. The SMILES string of the molecule is CCCCCCCCCCCCCC(=O)OC(=O)CCC(=O)OC(=O)CCCCCCCCCCCCC.OCC(O)CO. The molecule has 9 heteroatoms. The van der Waals surface area contributed by atoms with Crippen molar-refractivity contribution in [3.8, 4) is 0 Å². The monoisotopic (exact) mass is 630 g/mol. The van der Waals surface area contributed by atoms with Gasteiger partial charge >= 0.3 is 23.9 Å². The molecule has 0 spiro atoms. The number of hydrogen-bond acceptors (Lipinski definition) is 9. The van der Waals surface area contributed by atoms with Crippen LogP contribution in [0.15, 0.2) is 0 Å². The molecule has 0 radical (unpaired) electrons. The molecule has 0 saturated carbocycles. The van der Waals surface area contributed by atoms with Crippen molar-refractivity contribution in [2.75, 3.05) is 13.2 Å². The van der Waals surface area contributed by atoms with Gasteiger partial charge in [0, 0.05) is 12.8 Å². The lowest BCUT2D eigenvalue weighted by Gasteiger charge is -2.05. The van der Waals surface area contributed by atoms with Crippen LogP contribution in [0.25, 0.3) is 0 Å². The van der Waals surface area contributed by atoms with Crippen molar-refractivity contribution < 1.29 is 44.0 Å². The van der Waals surface area contributed by atoms with Gasteiger partial charge in [-0.05, 0) is 12.8 Å². The number of hydrogen-bond donors (Lipinski definition) is 3. The Morgan fingerprint density at radius 2 is 0.636 bits per heavy atom. The van der Waals surface area contributed by atoms with Gasteiger partial charge in [0.05, 0.1) is 26.1 Å². The summed E-state index contributed by atoms with van der Waals surface area (Å²) in [6.45, 7) is 3.73. The Kier molecular flexibility index (Phi) is 35.9. The van der Waals surface area contributed by atoms with Gasteiger partial charge in [-0.25, -0.2) is 0 Å². The van der Waals surface area contributed by atoms with E-state index in [1.807, 2.05) is 0 Å². The summed E-state index contributed by atoms with van der Waals surface area (Å²) in [5, 5.41) is 24.0. The summed E-state index contributed by atoms with van der Waals surface area (Å²) in [6, 6.07) is 0. The first-order valence-corrected chi connectivity index (χ1v) is 17.7. The van der Waals surface area contributed by atoms with E-state index >= 15 is 0 Å². The Hall–Kier alpha value is -1.84. The second-order valence-electron chi connectivity index (χ2n) is 11.8. The van der Waals surface area contributed by atoms with E-state index in [1.54, 1.807) is 0 Å². The van der Waals surface area contributed by atoms with Gasteiger partial charge < -0.3 is 24.8 Å². The Bertz CT molecular complexity index is 625. The summed E-state index contributed by atoms with van der Waals surface area (Å²) >= 11 is 0. The maximum Gasteiger partial charge on any atom is 0.314 e. The van der Waals surface area contributed by atoms with Crippen molar-refractivity contribution in [2.24, 2.45) is 0 Å². The number of aliphatic hydroxyl groups is 3. The molecule has 0 amide bonds. The van der Waals surface area contributed by atoms with Gasteiger partial charge in [0.25, 0.3) is 0 Å². The molecule has 0 aliphatic rings. The number of unbranched alkanes of at least 4 members (excludes halogenated alkanes) is 20. The van der Waals surface area contributed by atoms with Gasteiger partial charge in [0.2, 0.25) is 0 Å². The lowest BCUT2D eigenvalue weighted by Crippen LogP contribution is -2.16. The van der Waals surface area contributed by atoms with Crippen LogP contribution in [0.2, 0.25) is 0 Å². The Labute approximate surface area is 267 Å². The van der Waals surface area contributed by atoms with Gasteiger partial charge in [0.1, 0.15) is 6.10 Å². The lowest BCUT2D eigenvalue weighted by atomic mass is 10.1. The molecule has 0 unspecified atom stereocenters. The van der Waals surface area contributed by atoms with Gasteiger partial charge in [-0.2, -0.15) is 0 Å². The van der Waals surface area contributed by atoms with Gasteiger partial charge in [0.15, 0.2) is 0 Å². The highest BCUT2D eigenvalue weighted by atomic mass is 16.6. The fourth-order valence-corrected chi connectivity index (χ4v) is 4.59. The normalized spacial score (nSPS) is 10.8. The third-order valence-electron chi connectivity index (χ3n) is 7.38. The molecule has 0 aromatic heterocycles. The minimum absolute atomic E-state index is 0.213. The maximum absolute atomic E-state index is 11.8. The third kappa shape index (κ3) is 36.4. The number of ether oxygens (including phenoxy) is 2. The van der Waals surface area contributed by atoms with E-state index in [0.29, 0.717) is 12.8 Å². The van der Waals surface area contributed by atoms with Crippen LogP contribution in [-0.2, 0) is 28.7 Å². The second kappa shape index (κ2) is 35.6. The van der Waals surface area contributed by atoms with Crippen LogP contribution in [0.5, 0.6) is 0 Å². The Balaban J connectivity index is 0. The maximum atomic E-state index is 11.8. The minimum Gasteiger partial charge on any atom is -0.394 e. The topological polar surface area (TPSA) is 147 Å². The molecule has 260 valence electrons. The van der Waals surface area contributed by atoms with Crippen LogP contribution < -0.4 is 0 Å². The second-order valence-corrected chi connectivity index (χ2v) is 11.8. The Morgan fingerprint density at radius 3 is 0.864 bits per heavy atom. The first-order chi connectivity index (χ1) is 21.3. The smallest absolute Gasteiger partial charge is 0.314 e. The molecule has 0 saturated heterocycles. The fraction of sp³-hybridized carbons (Fsp3) is 0.886. The van der Waals surface area contributed by atoms with Gasteiger partial charge in [-0.3, -0.25) is 19.2 Å². The minimum atomic E-state index is -0.954. The van der Waals surface area contributed by atoms with E-state index < -0.39 is 30.0 Å². The zero-order valence-electron chi connectivity index (χ0n) is 28.2. The first-order valence-electron chi connectivity index (χ1n) is 17.7. The van der Waals surface area contributed by atoms with Crippen LogP contribution >= 0.6 is 0 Å². The lowest BCUT2D eigenvalue weighted by molar-refractivity contribution is -0.165. The Morgan fingerprint density at radius 1 is 0.409 bits per heavy atom. The van der Waals surface area contributed by atoms with Gasteiger partial charge in [-0.1, -0.05) is 142 Å². The summed E-state index contributed by atoms with van der Waals surface area (Å²) in [4.78, 5) is 47.2. The molecule has 0 aliphatic heterocycles. The zero-order chi connectivity index (χ0) is 33.1. The van der Waals surface area contributed by atoms with E-state index in [2.05, 4.69) is 13.8 Å². The molecule has 0 aromatic carbocycles. The van der Waals surface area contributed by atoms with Gasteiger partial charge in [-0.15, -0.1) is 0 Å². The van der Waals surface area contributed by atoms with Crippen LogP contribution in [-0.4, -0.2) is 58.5 Å². The van der Waals surface area contributed by atoms with E-state index in [4.69, 9.17) is 24.8 Å². The molecule has 0 aliphatic carbocycles. The van der Waals surface area contributed by atoms with Crippen molar-refractivity contribution in [3.05, 3.63) is 0 Å². The van der Waals surface area contributed by atoms with Crippen LogP contribution in [0.4, 0.5) is 0 Å². The summed E-state index contributed by atoms with van der Waals surface area (Å²) in [5.74, 6) is -2.58. The van der Waals surface area contributed by atoms with Crippen LogP contribution in [0, 0.1) is 0 Å². The van der Waals surface area contributed by atoms with Crippen LogP contribution in [0.3, 0.4) is 0 Å². The molecule has 0 fully saturated rings. The number of carbonyl (C=O) groups excluding carboxylic acids is 4.